The summed E-state index contributed by atoms with van der Waals surface area (Å²) in [7, 11) is 0. The number of oxime groups is 1. The molecule has 1 aromatic heterocycles. The predicted octanol–water partition coefficient (Wildman–Crippen LogP) is 2.23. The zero-order chi connectivity index (χ0) is 14.5. The van der Waals surface area contributed by atoms with Crippen LogP contribution in [0.3, 0.4) is 0 Å². The molecular formula is C16H17N3O2. The van der Waals surface area contributed by atoms with Crippen molar-refractivity contribution in [3.8, 4) is 16.9 Å². The van der Waals surface area contributed by atoms with Crippen LogP contribution in [0.4, 0.5) is 0 Å². The van der Waals surface area contributed by atoms with E-state index in [0.29, 0.717) is 13.2 Å². The average Bonchev–Trinajstić information content (AvgIpc) is 3.02. The third-order valence-corrected chi connectivity index (χ3v) is 3.33. The third-order valence-electron chi connectivity index (χ3n) is 3.33. The van der Waals surface area contributed by atoms with Crippen molar-refractivity contribution in [3.05, 3.63) is 48.8 Å². The predicted molar refractivity (Wildman–Crippen MR) is 81.1 cm³/mol. The third kappa shape index (κ3) is 3.20. The molecule has 5 nitrogen and oxygen atoms in total. The van der Waals surface area contributed by atoms with Gasteiger partial charge >= 0.3 is 0 Å². The Bertz CT molecular complexity index is 628. The van der Waals surface area contributed by atoms with Crippen LogP contribution in [-0.2, 0) is 4.84 Å². The van der Waals surface area contributed by atoms with Crippen LogP contribution in [0, 0.1) is 0 Å². The number of benzene rings is 1. The standard InChI is InChI=1S/C16H17N3O2/c17-10-13-9-14(21-19-13)11-20-16-4-2-1-3-15(16)12-5-7-18-8-6-12/h1-8,14H,9-11,17H2. The van der Waals surface area contributed by atoms with Crippen LogP contribution < -0.4 is 10.5 Å². The lowest BCUT2D eigenvalue weighted by molar-refractivity contribution is 0.0472. The van der Waals surface area contributed by atoms with Crippen LogP contribution in [-0.4, -0.2) is 30.0 Å². The molecule has 1 atom stereocenters. The smallest absolute Gasteiger partial charge is 0.166 e. The highest BCUT2D eigenvalue weighted by Crippen LogP contribution is 2.29. The molecule has 108 valence electrons. The first-order chi connectivity index (χ1) is 10.4. The largest absolute Gasteiger partial charge is 0.489 e. The van der Waals surface area contributed by atoms with Gasteiger partial charge in [-0.15, -0.1) is 0 Å². The Morgan fingerprint density at radius 2 is 2.00 bits per heavy atom. The highest BCUT2D eigenvalue weighted by Gasteiger charge is 2.21. The maximum atomic E-state index is 5.91. The van der Waals surface area contributed by atoms with Gasteiger partial charge in [-0.25, -0.2) is 0 Å². The van der Waals surface area contributed by atoms with E-state index in [1.165, 1.54) is 0 Å². The highest BCUT2D eigenvalue weighted by molar-refractivity contribution is 5.87. The lowest BCUT2D eigenvalue weighted by Gasteiger charge is -2.14. The first-order valence-corrected chi connectivity index (χ1v) is 6.90. The van der Waals surface area contributed by atoms with E-state index < -0.39 is 0 Å². The molecule has 0 saturated carbocycles. The molecule has 21 heavy (non-hydrogen) atoms. The minimum absolute atomic E-state index is 0.0611. The van der Waals surface area contributed by atoms with E-state index in [1.807, 2.05) is 36.4 Å². The maximum absolute atomic E-state index is 5.91. The lowest BCUT2D eigenvalue weighted by atomic mass is 10.1. The number of hydrogen-bond donors (Lipinski definition) is 1. The fourth-order valence-electron chi connectivity index (χ4n) is 2.24. The van der Waals surface area contributed by atoms with Crippen LogP contribution in [0.15, 0.2) is 53.9 Å². The fraction of sp³-hybridized carbons (Fsp3) is 0.250. The van der Waals surface area contributed by atoms with Gasteiger partial charge in [0, 0.05) is 30.9 Å². The minimum atomic E-state index is -0.0611. The SMILES string of the molecule is NCC1=NOC(COc2ccccc2-c2ccncc2)C1. The second kappa shape index (κ2) is 6.37. The van der Waals surface area contributed by atoms with Gasteiger partial charge < -0.3 is 15.3 Å². The van der Waals surface area contributed by atoms with Gasteiger partial charge in [-0.1, -0.05) is 23.4 Å². The molecule has 2 aromatic rings. The Morgan fingerprint density at radius 3 is 2.76 bits per heavy atom. The van der Waals surface area contributed by atoms with Gasteiger partial charge in [0.05, 0.1) is 5.71 Å². The van der Waals surface area contributed by atoms with E-state index in [9.17, 15) is 0 Å². The molecular weight excluding hydrogens is 266 g/mol. The molecule has 0 bridgehead atoms. The number of ether oxygens (including phenoxy) is 1. The molecule has 0 saturated heterocycles. The number of rotatable bonds is 5. The van der Waals surface area contributed by atoms with E-state index >= 15 is 0 Å². The zero-order valence-electron chi connectivity index (χ0n) is 11.6. The molecule has 0 amide bonds. The average molecular weight is 283 g/mol. The molecule has 0 radical (unpaired) electrons. The molecule has 1 aliphatic heterocycles. The lowest BCUT2D eigenvalue weighted by Crippen LogP contribution is -2.20. The summed E-state index contributed by atoms with van der Waals surface area (Å²) in [5.41, 5.74) is 8.54. The summed E-state index contributed by atoms with van der Waals surface area (Å²) in [6, 6.07) is 11.9. The van der Waals surface area contributed by atoms with Gasteiger partial charge in [0.15, 0.2) is 6.10 Å². The van der Waals surface area contributed by atoms with Gasteiger partial charge in [-0.2, -0.15) is 0 Å². The number of para-hydroxylation sites is 1. The van der Waals surface area contributed by atoms with Crippen LogP contribution >= 0.6 is 0 Å². The van der Waals surface area contributed by atoms with Gasteiger partial charge in [-0.05, 0) is 23.8 Å². The van der Waals surface area contributed by atoms with Gasteiger partial charge in [0.25, 0.3) is 0 Å². The van der Waals surface area contributed by atoms with Crippen molar-refractivity contribution >= 4 is 5.71 Å². The Hall–Kier alpha value is -2.40. The van der Waals surface area contributed by atoms with Crippen molar-refractivity contribution in [2.24, 2.45) is 10.9 Å². The number of pyridine rings is 1. The Morgan fingerprint density at radius 1 is 1.19 bits per heavy atom. The Kier molecular flexibility index (Phi) is 4.12. The van der Waals surface area contributed by atoms with Gasteiger partial charge in [-0.3, -0.25) is 4.98 Å². The number of hydrogen-bond acceptors (Lipinski definition) is 5. The van der Waals surface area contributed by atoms with Crippen LogP contribution in [0.2, 0.25) is 0 Å². The summed E-state index contributed by atoms with van der Waals surface area (Å²) in [5.74, 6) is 0.827. The van der Waals surface area contributed by atoms with E-state index in [-0.39, 0.29) is 6.10 Å². The number of aromatic nitrogens is 1. The van der Waals surface area contributed by atoms with Crippen molar-refractivity contribution < 1.29 is 9.57 Å². The Balaban J connectivity index is 1.69. The van der Waals surface area contributed by atoms with Crippen molar-refractivity contribution in [2.45, 2.75) is 12.5 Å². The van der Waals surface area contributed by atoms with Crippen LogP contribution in [0.25, 0.3) is 11.1 Å². The highest BCUT2D eigenvalue weighted by atomic mass is 16.7. The maximum Gasteiger partial charge on any atom is 0.166 e. The summed E-state index contributed by atoms with van der Waals surface area (Å²) >= 11 is 0. The van der Waals surface area contributed by atoms with Gasteiger partial charge in [0.1, 0.15) is 12.4 Å². The molecule has 1 aliphatic rings. The normalized spacial score (nSPS) is 17.2. The van der Waals surface area contributed by atoms with E-state index in [2.05, 4.69) is 10.1 Å². The van der Waals surface area contributed by atoms with Crippen molar-refractivity contribution in [1.29, 1.82) is 0 Å². The summed E-state index contributed by atoms with van der Waals surface area (Å²) in [4.78, 5) is 9.34. The molecule has 0 fully saturated rings. The van der Waals surface area contributed by atoms with Crippen LogP contribution in [0.5, 0.6) is 5.75 Å². The first kappa shape index (κ1) is 13.6. The van der Waals surface area contributed by atoms with Crippen molar-refractivity contribution in [2.75, 3.05) is 13.2 Å². The fourth-order valence-corrected chi connectivity index (χ4v) is 2.24. The molecule has 2 N–H and O–H groups in total. The first-order valence-electron chi connectivity index (χ1n) is 6.90. The molecule has 0 aliphatic carbocycles. The molecule has 1 aromatic carbocycles. The quantitative estimate of drug-likeness (QED) is 0.913. The van der Waals surface area contributed by atoms with E-state index in [0.717, 1.165) is 29.0 Å². The molecule has 1 unspecified atom stereocenters. The molecule has 0 spiro atoms. The van der Waals surface area contributed by atoms with Gasteiger partial charge in [0.2, 0.25) is 0 Å². The van der Waals surface area contributed by atoms with E-state index in [1.54, 1.807) is 12.4 Å². The van der Waals surface area contributed by atoms with Crippen molar-refractivity contribution in [1.82, 2.24) is 4.98 Å². The number of nitrogens with two attached hydrogens (primary N) is 1. The summed E-state index contributed by atoms with van der Waals surface area (Å²) in [6.45, 7) is 0.888. The summed E-state index contributed by atoms with van der Waals surface area (Å²) < 4.78 is 5.91. The second-order valence-corrected chi connectivity index (χ2v) is 4.84. The van der Waals surface area contributed by atoms with Crippen molar-refractivity contribution in [3.63, 3.8) is 0 Å². The molecule has 3 rings (SSSR count). The monoisotopic (exact) mass is 283 g/mol. The topological polar surface area (TPSA) is 69.7 Å². The second-order valence-electron chi connectivity index (χ2n) is 4.84. The number of nitrogens with zero attached hydrogens (tertiary/aromatic N) is 2. The molecule has 5 heteroatoms. The zero-order valence-corrected chi connectivity index (χ0v) is 11.6. The minimum Gasteiger partial charge on any atom is -0.489 e. The van der Waals surface area contributed by atoms with E-state index in [4.69, 9.17) is 15.3 Å². The molecule has 2 heterocycles. The summed E-state index contributed by atoms with van der Waals surface area (Å²) in [5, 5.41) is 3.93. The Labute approximate surface area is 123 Å². The van der Waals surface area contributed by atoms with Crippen LogP contribution in [0.1, 0.15) is 6.42 Å². The summed E-state index contributed by atoms with van der Waals surface area (Å²) in [6.07, 6.45) is 4.21.